The number of aromatic nitrogens is 2. The van der Waals surface area contributed by atoms with Crippen molar-refractivity contribution in [1.29, 1.82) is 0 Å². The molecule has 4 heteroatoms. The minimum absolute atomic E-state index is 0.549. The molecule has 1 heterocycles. The van der Waals surface area contributed by atoms with Crippen LogP contribution in [-0.2, 0) is 5.75 Å². The largest absolute Gasteiger partial charge is 0.339 e. The van der Waals surface area contributed by atoms with Gasteiger partial charge in [0.2, 0.25) is 5.89 Å². The van der Waals surface area contributed by atoms with Gasteiger partial charge in [0, 0.05) is 5.92 Å². The van der Waals surface area contributed by atoms with Crippen LogP contribution in [0.4, 0.5) is 0 Å². The molecule has 1 aliphatic rings. The summed E-state index contributed by atoms with van der Waals surface area (Å²) in [5.74, 6) is 3.81. The zero-order valence-electron chi connectivity index (χ0n) is 7.28. The molecule has 2 rings (SSSR count). The summed E-state index contributed by atoms with van der Waals surface area (Å²) in [7, 11) is 0. The molecule has 1 aromatic rings. The second-order valence-electron chi connectivity index (χ2n) is 3.30. The average molecular weight is 184 g/mol. The van der Waals surface area contributed by atoms with Crippen LogP contribution >= 0.6 is 11.8 Å². The Labute approximate surface area is 75.9 Å². The van der Waals surface area contributed by atoms with E-state index in [-0.39, 0.29) is 0 Å². The predicted octanol–water partition coefficient (Wildman–Crippen LogP) is 2.06. The van der Waals surface area contributed by atoms with E-state index >= 15 is 0 Å². The Balaban J connectivity index is 2.04. The third-order valence-electron chi connectivity index (χ3n) is 2.18. The van der Waals surface area contributed by atoms with E-state index in [4.69, 9.17) is 4.52 Å². The fourth-order valence-corrected chi connectivity index (χ4v) is 1.65. The molecule has 0 radical (unpaired) electrons. The first-order chi connectivity index (χ1) is 5.81. The molecule has 3 nitrogen and oxygen atoms in total. The van der Waals surface area contributed by atoms with Crippen LogP contribution in [0.25, 0.3) is 0 Å². The van der Waals surface area contributed by atoms with Gasteiger partial charge in [-0.2, -0.15) is 16.7 Å². The molecule has 1 aromatic heterocycles. The number of rotatable bonds is 3. The van der Waals surface area contributed by atoms with Gasteiger partial charge < -0.3 is 4.52 Å². The fourth-order valence-electron chi connectivity index (χ4n) is 1.27. The van der Waals surface area contributed by atoms with Gasteiger partial charge in [-0.05, 0) is 18.6 Å². The van der Waals surface area contributed by atoms with E-state index in [0.717, 1.165) is 23.4 Å². The first-order valence-corrected chi connectivity index (χ1v) is 5.52. The molecule has 0 N–H and O–H groups in total. The van der Waals surface area contributed by atoms with Crippen molar-refractivity contribution in [2.75, 3.05) is 6.26 Å². The van der Waals surface area contributed by atoms with Crippen LogP contribution in [0.1, 0.15) is 31.0 Å². The molecule has 66 valence electrons. The van der Waals surface area contributed by atoms with Crippen LogP contribution in [-0.4, -0.2) is 16.4 Å². The maximum atomic E-state index is 5.14. The zero-order valence-corrected chi connectivity index (χ0v) is 8.10. The van der Waals surface area contributed by atoms with Gasteiger partial charge >= 0.3 is 0 Å². The summed E-state index contributed by atoms with van der Waals surface area (Å²) in [4.78, 5) is 4.31. The van der Waals surface area contributed by atoms with Crippen molar-refractivity contribution in [2.24, 2.45) is 5.92 Å². The molecular weight excluding hydrogens is 172 g/mol. The lowest BCUT2D eigenvalue weighted by atomic mass is 10.3. The van der Waals surface area contributed by atoms with Crippen molar-refractivity contribution in [1.82, 2.24) is 10.1 Å². The smallest absolute Gasteiger partial charge is 0.230 e. The lowest BCUT2D eigenvalue weighted by Crippen LogP contribution is -1.84. The van der Waals surface area contributed by atoms with Gasteiger partial charge in [-0.1, -0.05) is 12.1 Å². The Bertz CT molecular complexity index is 274. The summed E-state index contributed by atoms with van der Waals surface area (Å²) in [6.07, 6.45) is 3.25. The van der Waals surface area contributed by atoms with Crippen LogP contribution in [0.2, 0.25) is 0 Å². The Morgan fingerprint density at radius 2 is 2.42 bits per heavy atom. The fraction of sp³-hybridized carbons (Fsp3) is 0.750. The van der Waals surface area contributed by atoms with Crippen molar-refractivity contribution < 1.29 is 4.52 Å². The molecule has 0 spiro atoms. The summed E-state index contributed by atoms with van der Waals surface area (Å²) in [6, 6.07) is 0. The predicted molar refractivity (Wildman–Crippen MR) is 48.0 cm³/mol. The van der Waals surface area contributed by atoms with E-state index in [1.807, 2.05) is 6.26 Å². The van der Waals surface area contributed by atoms with Crippen molar-refractivity contribution in [2.45, 2.75) is 25.0 Å². The minimum atomic E-state index is 0.549. The lowest BCUT2D eigenvalue weighted by Gasteiger charge is -1.84. The van der Waals surface area contributed by atoms with E-state index in [2.05, 4.69) is 17.1 Å². The SMILES string of the molecule is CSCc1noc(C2CC2C)n1. The molecule has 1 saturated carbocycles. The van der Waals surface area contributed by atoms with Gasteiger partial charge in [-0.3, -0.25) is 0 Å². The molecule has 0 amide bonds. The lowest BCUT2D eigenvalue weighted by molar-refractivity contribution is 0.372. The van der Waals surface area contributed by atoms with Crippen molar-refractivity contribution in [3.05, 3.63) is 11.7 Å². The summed E-state index contributed by atoms with van der Waals surface area (Å²) in [6.45, 7) is 2.21. The minimum Gasteiger partial charge on any atom is -0.339 e. The van der Waals surface area contributed by atoms with Crippen LogP contribution in [0, 0.1) is 5.92 Å². The second-order valence-corrected chi connectivity index (χ2v) is 4.17. The van der Waals surface area contributed by atoms with Gasteiger partial charge in [0.1, 0.15) is 0 Å². The molecule has 0 aliphatic heterocycles. The molecule has 0 bridgehead atoms. The second kappa shape index (κ2) is 3.09. The summed E-state index contributed by atoms with van der Waals surface area (Å²) >= 11 is 1.72. The van der Waals surface area contributed by atoms with Crippen LogP contribution in [0.15, 0.2) is 4.52 Å². The molecule has 12 heavy (non-hydrogen) atoms. The standard InChI is InChI=1S/C8H12N2OS/c1-5-3-6(5)8-9-7(4-12-2)10-11-8/h5-6H,3-4H2,1-2H3. The highest BCUT2D eigenvalue weighted by Gasteiger charge is 2.38. The van der Waals surface area contributed by atoms with Gasteiger partial charge in [0.15, 0.2) is 5.82 Å². The monoisotopic (exact) mass is 184 g/mol. The molecule has 2 unspecified atom stereocenters. The first kappa shape index (κ1) is 8.10. The van der Waals surface area contributed by atoms with Crippen LogP contribution < -0.4 is 0 Å². The van der Waals surface area contributed by atoms with E-state index in [1.165, 1.54) is 6.42 Å². The molecule has 2 atom stereocenters. The molecule has 0 aromatic carbocycles. The van der Waals surface area contributed by atoms with Gasteiger partial charge in [0.25, 0.3) is 0 Å². The Morgan fingerprint density at radius 1 is 1.67 bits per heavy atom. The number of thioether (sulfide) groups is 1. The Morgan fingerprint density at radius 3 is 3.00 bits per heavy atom. The highest BCUT2D eigenvalue weighted by Crippen LogP contribution is 2.45. The van der Waals surface area contributed by atoms with Crippen molar-refractivity contribution in [3.63, 3.8) is 0 Å². The third kappa shape index (κ3) is 1.48. The van der Waals surface area contributed by atoms with Crippen molar-refractivity contribution in [3.8, 4) is 0 Å². The van der Waals surface area contributed by atoms with E-state index in [1.54, 1.807) is 11.8 Å². The maximum absolute atomic E-state index is 5.14. The number of hydrogen-bond acceptors (Lipinski definition) is 4. The third-order valence-corrected chi connectivity index (χ3v) is 2.73. The summed E-state index contributed by atoms with van der Waals surface area (Å²) in [5, 5.41) is 3.89. The highest BCUT2D eigenvalue weighted by atomic mass is 32.2. The Hall–Kier alpha value is -0.510. The summed E-state index contributed by atoms with van der Waals surface area (Å²) < 4.78 is 5.14. The number of nitrogens with zero attached hydrogens (tertiary/aromatic N) is 2. The van der Waals surface area contributed by atoms with Gasteiger partial charge in [-0.25, -0.2) is 0 Å². The van der Waals surface area contributed by atoms with E-state index in [0.29, 0.717) is 5.92 Å². The van der Waals surface area contributed by atoms with Crippen LogP contribution in [0.3, 0.4) is 0 Å². The Kier molecular flexibility index (Phi) is 2.09. The first-order valence-electron chi connectivity index (χ1n) is 4.12. The molecule has 0 saturated heterocycles. The van der Waals surface area contributed by atoms with E-state index < -0.39 is 0 Å². The highest BCUT2D eigenvalue weighted by molar-refractivity contribution is 7.97. The summed E-state index contributed by atoms with van der Waals surface area (Å²) in [5.41, 5.74) is 0. The van der Waals surface area contributed by atoms with Crippen LogP contribution in [0.5, 0.6) is 0 Å². The zero-order chi connectivity index (χ0) is 8.55. The normalized spacial score (nSPS) is 27.5. The average Bonchev–Trinajstić information content (AvgIpc) is 2.62. The molecule has 1 fully saturated rings. The maximum Gasteiger partial charge on any atom is 0.230 e. The quantitative estimate of drug-likeness (QED) is 0.720. The van der Waals surface area contributed by atoms with Gasteiger partial charge in [-0.15, -0.1) is 0 Å². The topological polar surface area (TPSA) is 38.9 Å². The van der Waals surface area contributed by atoms with E-state index in [9.17, 15) is 0 Å². The molecular formula is C8H12N2OS. The van der Waals surface area contributed by atoms with Gasteiger partial charge in [0.05, 0.1) is 5.75 Å². The molecule has 1 aliphatic carbocycles. The number of hydrogen-bond donors (Lipinski definition) is 0. The van der Waals surface area contributed by atoms with Crippen molar-refractivity contribution >= 4 is 11.8 Å².